The fourth-order valence-corrected chi connectivity index (χ4v) is 4.13. The second-order valence-electron chi connectivity index (χ2n) is 7.57. The summed E-state index contributed by atoms with van der Waals surface area (Å²) in [7, 11) is -2.31. The van der Waals surface area contributed by atoms with Gasteiger partial charge in [-0.1, -0.05) is 110 Å². The van der Waals surface area contributed by atoms with Gasteiger partial charge in [0.05, 0.1) is 5.25 Å². The van der Waals surface area contributed by atoms with E-state index in [9.17, 15) is 8.42 Å². The fourth-order valence-electron chi connectivity index (χ4n) is 3.32. The highest BCUT2D eigenvalue weighted by atomic mass is 32.2. The molecule has 0 heterocycles. The van der Waals surface area contributed by atoms with Crippen LogP contribution in [-0.2, 0) is 10.7 Å². The first-order valence-electron chi connectivity index (χ1n) is 10.6. The molecule has 2 nitrogen and oxygen atoms in total. The lowest BCUT2D eigenvalue weighted by molar-refractivity contribution is 0.508. The smallest absolute Gasteiger partial charge is 0.143 e. The maximum absolute atomic E-state index is 11.1. The van der Waals surface area contributed by atoms with Gasteiger partial charge >= 0.3 is 0 Å². The third-order valence-electron chi connectivity index (χ3n) is 5.03. The van der Waals surface area contributed by atoms with Crippen LogP contribution in [0.1, 0.15) is 117 Å². The van der Waals surface area contributed by atoms with Crippen LogP contribution in [-0.4, -0.2) is 13.7 Å². The molecule has 0 rings (SSSR count). The van der Waals surface area contributed by atoms with Crippen LogP contribution in [0.15, 0.2) is 0 Å². The van der Waals surface area contributed by atoms with Gasteiger partial charge in [-0.05, 0) is 19.3 Å². The van der Waals surface area contributed by atoms with E-state index in [1.165, 1.54) is 89.9 Å². The van der Waals surface area contributed by atoms with Gasteiger partial charge in [-0.15, -0.1) is 0 Å². The van der Waals surface area contributed by atoms with Crippen molar-refractivity contribution in [3.05, 3.63) is 6.92 Å². The number of hydrogen-bond acceptors (Lipinski definition) is 2. The summed E-state index contributed by atoms with van der Waals surface area (Å²) in [6.07, 6.45) is 21.0. The van der Waals surface area contributed by atoms with Crippen LogP contribution in [0.25, 0.3) is 0 Å². The molecule has 145 valence electrons. The number of hydrogen-bond donors (Lipinski definition) is 1. The number of unbranched alkanes of at least 4 members (excludes halogenated alkanes) is 14. The molecular weight excluding hydrogens is 316 g/mol. The molecule has 0 N–H and O–H groups in total. The van der Waals surface area contributed by atoms with E-state index in [0.29, 0.717) is 0 Å². The molecule has 0 aliphatic rings. The van der Waals surface area contributed by atoms with E-state index in [2.05, 4.69) is 13.8 Å². The van der Waals surface area contributed by atoms with Gasteiger partial charge in [-0.25, -0.2) is 8.42 Å². The summed E-state index contributed by atoms with van der Waals surface area (Å²) >= 11 is 0. The summed E-state index contributed by atoms with van der Waals surface area (Å²) in [4.78, 5) is 0. The third-order valence-corrected chi connectivity index (χ3v) is 6.34. The molecular formula is C21H43O2S. The molecule has 2 unspecified atom stereocenters. The first kappa shape index (κ1) is 23.9. The maximum Gasteiger partial charge on any atom is 0.143 e. The Morgan fingerprint density at radius 3 is 1.29 bits per heavy atom. The van der Waals surface area contributed by atoms with Gasteiger partial charge in [0, 0.05) is 0 Å². The van der Waals surface area contributed by atoms with Crippen LogP contribution < -0.4 is 0 Å². The Kier molecular flexibility index (Phi) is 17.7. The minimum atomic E-state index is -2.31. The lowest BCUT2D eigenvalue weighted by Gasteiger charge is -2.13. The van der Waals surface area contributed by atoms with Crippen molar-refractivity contribution in [2.45, 2.75) is 122 Å². The first-order chi connectivity index (χ1) is 11.6. The zero-order valence-corrected chi connectivity index (χ0v) is 17.3. The molecule has 0 saturated heterocycles. The quantitative estimate of drug-likeness (QED) is 0.218. The molecule has 0 aromatic rings. The first-order valence-corrected chi connectivity index (χ1v) is 11.8. The minimum absolute atomic E-state index is 0.0118. The van der Waals surface area contributed by atoms with Crippen molar-refractivity contribution in [2.75, 3.05) is 0 Å². The molecule has 0 saturated carbocycles. The molecule has 0 amide bonds. The zero-order chi connectivity index (χ0) is 18.0. The summed E-state index contributed by atoms with van der Waals surface area (Å²) in [6, 6.07) is 0. The van der Waals surface area contributed by atoms with E-state index in [1.54, 1.807) is 0 Å². The van der Waals surface area contributed by atoms with Crippen LogP contribution >= 0.6 is 0 Å². The average Bonchev–Trinajstić information content (AvgIpc) is 2.53. The van der Waals surface area contributed by atoms with Crippen molar-refractivity contribution < 1.29 is 8.42 Å². The third kappa shape index (κ3) is 15.5. The van der Waals surface area contributed by atoms with E-state index in [-0.39, 0.29) is 11.2 Å². The van der Waals surface area contributed by atoms with Gasteiger partial charge in [-0.3, -0.25) is 0 Å². The van der Waals surface area contributed by atoms with Crippen molar-refractivity contribution in [3.8, 4) is 0 Å². The molecule has 3 heteroatoms. The lowest BCUT2D eigenvalue weighted by atomic mass is 10.0. The molecule has 1 radical (unpaired) electrons. The SMILES string of the molecule is [CH2]C(C)C(CCCCCCCCCCCCCCCCC)[SH](=O)=O. The Morgan fingerprint density at radius 2 is 1.00 bits per heavy atom. The molecule has 0 aliphatic heterocycles. The lowest BCUT2D eigenvalue weighted by Crippen LogP contribution is -2.17. The predicted molar refractivity (Wildman–Crippen MR) is 108 cm³/mol. The van der Waals surface area contributed by atoms with E-state index < -0.39 is 10.7 Å². The van der Waals surface area contributed by atoms with E-state index in [4.69, 9.17) is 0 Å². The summed E-state index contributed by atoms with van der Waals surface area (Å²) < 4.78 is 22.2. The van der Waals surface area contributed by atoms with E-state index in [1.807, 2.05) is 6.92 Å². The fraction of sp³-hybridized carbons (Fsp3) is 0.952. The van der Waals surface area contributed by atoms with Crippen molar-refractivity contribution in [2.24, 2.45) is 5.92 Å². The second-order valence-corrected chi connectivity index (χ2v) is 8.80. The largest absolute Gasteiger partial charge is 0.232 e. The maximum atomic E-state index is 11.1. The average molecular weight is 360 g/mol. The highest BCUT2D eigenvalue weighted by Gasteiger charge is 2.15. The molecule has 24 heavy (non-hydrogen) atoms. The van der Waals surface area contributed by atoms with E-state index >= 15 is 0 Å². The topological polar surface area (TPSA) is 34.1 Å². The molecule has 0 aromatic heterocycles. The summed E-state index contributed by atoms with van der Waals surface area (Å²) in [5.41, 5.74) is 0. The van der Waals surface area contributed by atoms with Gasteiger partial charge in [-0.2, -0.15) is 0 Å². The second kappa shape index (κ2) is 17.8. The molecule has 0 fully saturated rings. The van der Waals surface area contributed by atoms with Gasteiger partial charge in [0.2, 0.25) is 0 Å². The Morgan fingerprint density at radius 1 is 0.667 bits per heavy atom. The van der Waals surface area contributed by atoms with Gasteiger partial charge < -0.3 is 0 Å². The molecule has 0 spiro atoms. The minimum Gasteiger partial charge on any atom is -0.232 e. The molecule has 0 aliphatic carbocycles. The Balaban J connectivity index is 3.23. The van der Waals surface area contributed by atoms with Gasteiger partial charge in [0.15, 0.2) is 0 Å². The number of rotatable bonds is 18. The Bertz CT molecular complexity index is 316. The Labute approximate surface area is 154 Å². The van der Waals surface area contributed by atoms with Crippen molar-refractivity contribution in [1.82, 2.24) is 0 Å². The van der Waals surface area contributed by atoms with Crippen molar-refractivity contribution >= 4 is 10.7 Å². The van der Waals surface area contributed by atoms with Gasteiger partial charge in [0.25, 0.3) is 0 Å². The highest BCUT2D eigenvalue weighted by molar-refractivity contribution is 7.73. The summed E-state index contributed by atoms with van der Waals surface area (Å²) in [5, 5.41) is -0.220. The normalized spacial score (nSPS) is 13.0. The monoisotopic (exact) mass is 359 g/mol. The van der Waals surface area contributed by atoms with Crippen LogP contribution in [0.5, 0.6) is 0 Å². The van der Waals surface area contributed by atoms with Crippen LogP contribution in [0, 0.1) is 12.8 Å². The van der Waals surface area contributed by atoms with Gasteiger partial charge in [0.1, 0.15) is 10.7 Å². The molecule has 0 bridgehead atoms. The van der Waals surface area contributed by atoms with Crippen molar-refractivity contribution in [3.63, 3.8) is 0 Å². The van der Waals surface area contributed by atoms with Crippen LogP contribution in [0.2, 0.25) is 0 Å². The van der Waals surface area contributed by atoms with Crippen molar-refractivity contribution in [1.29, 1.82) is 0 Å². The summed E-state index contributed by atoms with van der Waals surface area (Å²) in [6.45, 7) is 8.04. The standard InChI is InChI=1S/C21H43O2S/c1-4-5-6-7-8-9-10-11-12-13-14-15-16-17-18-19-21(20(2)3)24(22)23/h20-21,24H,2,4-19H2,1,3H3. The van der Waals surface area contributed by atoms with Crippen LogP contribution in [0.4, 0.5) is 0 Å². The molecule has 0 aromatic carbocycles. The van der Waals surface area contributed by atoms with E-state index in [0.717, 1.165) is 12.8 Å². The van der Waals surface area contributed by atoms with Crippen LogP contribution in [0.3, 0.4) is 0 Å². The predicted octanol–water partition coefficient (Wildman–Crippen LogP) is 6.70. The summed E-state index contributed by atoms with van der Waals surface area (Å²) in [5.74, 6) is 0.0118. The zero-order valence-electron chi connectivity index (χ0n) is 16.4. The Hall–Kier alpha value is -0.0500. The number of thiol groups is 1. The molecule has 2 atom stereocenters. The highest BCUT2D eigenvalue weighted by Crippen LogP contribution is 2.16.